The number of rotatable bonds is 1. The summed E-state index contributed by atoms with van der Waals surface area (Å²) >= 11 is 0. The molecule has 2 unspecified atom stereocenters. The molecule has 0 saturated heterocycles. The van der Waals surface area contributed by atoms with Gasteiger partial charge in [-0.1, -0.05) is 20.3 Å². The van der Waals surface area contributed by atoms with Crippen molar-refractivity contribution in [3.05, 3.63) is 0 Å². The van der Waals surface area contributed by atoms with Gasteiger partial charge in [-0.3, -0.25) is 0 Å². The molecule has 0 radical (unpaired) electrons. The molecule has 0 heterocycles. The molecular formula is C7H11F3. The quantitative estimate of drug-likeness (QED) is 0.541. The van der Waals surface area contributed by atoms with Crippen molar-refractivity contribution in [1.82, 2.24) is 0 Å². The third kappa shape index (κ3) is 0.917. The fraction of sp³-hybridized carbons (Fsp3) is 1.00. The number of alkyl halides is 3. The van der Waals surface area contributed by atoms with E-state index in [2.05, 4.69) is 0 Å². The zero-order chi connectivity index (χ0) is 7.99. The molecule has 1 fully saturated rings. The van der Waals surface area contributed by atoms with E-state index in [1.54, 1.807) is 0 Å². The maximum absolute atomic E-state index is 12.1. The van der Waals surface area contributed by atoms with Crippen molar-refractivity contribution < 1.29 is 13.2 Å². The Kier molecular flexibility index (Phi) is 1.49. The fourth-order valence-corrected chi connectivity index (χ4v) is 1.39. The SMILES string of the molecule is CCC1CC1(C)C(F)(F)F. The Balaban J connectivity index is 2.59. The van der Waals surface area contributed by atoms with E-state index in [0.29, 0.717) is 12.8 Å². The molecule has 0 spiro atoms. The first kappa shape index (κ1) is 7.89. The van der Waals surface area contributed by atoms with Crippen molar-refractivity contribution in [2.24, 2.45) is 11.3 Å². The van der Waals surface area contributed by atoms with E-state index in [4.69, 9.17) is 0 Å². The van der Waals surface area contributed by atoms with Crippen molar-refractivity contribution >= 4 is 0 Å². The lowest BCUT2D eigenvalue weighted by Crippen LogP contribution is -2.23. The predicted molar refractivity (Wildman–Crippen MR) is 32.6 cm³/mol. The number of halogens is 3. The van der Waals surface area contributed by atoms with Crippen molar-refractivity contribution in [2.75, 3.05) is 0 Å². The highest BCUT2D eigenvalue weighted by atomic mass is 19.4. The third-order valence-electron chi connectivity index (χ3n) is 2.55. The number of hydrogen-bond donors (Lipinski definition) is 0. The van der Waals surface area contributed by atoms with Gasteiger partial charge in [0, 0.05) is 0 Å². The molecule has 1 aliphatic carbocycles. The maximum Gasteiger partial charge on any atom is 0.394 e. The molecule has 0 aromatic heterocycles. The van der Waals surface area contributed by atoms with Crippen molar-refractivity contribution in [1.29, 1.82) is 0 Å². The molecule has 0 N–H and O–H groups in total. The third-order valence-corrected chi connectivity index (χ3v) is 2.55. The van der Waals surface area contributed by atoms with E-state index in [1.165, 1.54) is 6.92 Å². The van der Waals surface area contributed by atoms with E-state index in [9.17, 15) is 13.2 Å². The highest BCUT2D eigenvalue weighted by Gasteiger charge is 2.65. The summed E-state index contributed by atoms with van der Waals surface area (Å²) in [5.74, 6) is -0.118. The molecular weight excluding hydrogens is 141 g/mol. The zero-order valence-corrected chi connectivity index (χ0v) is 6.13. The molecule has 1 aliphatic rings. The Morgan fingerprint density at radius 1 is 1.50 bits per heavy atom. The van der Waals surface area contributed by atoms with E-state index >= 15 is 0 Å². The molecule has 0 amide bonds. The zero-order valence-electron chi connectivity index (χ0n) is 6.13. The summed E-state index contributed by atoms with van der Waals surface area (Å²) < 4.78 is 36.2. The van der Waals surface area contributed by atoms with Crippen LogP contribution in [0.4, 0.5) is 13.2 Å². The lowest BCUT2D eigenvalue weighted by atomic mass is 10.1. The second-order valence-corrected chi connectivity index (χ2v) is 3.22. The van der Waals surface area contributed by atoms with Gasteiger partial charge in [0.05, 0.1) is 5.41 Å². The first-order chi connectivity index (χ1) is 4.42. The van der Waals surface area contributed by atoms with Crippen LogP contribution in [0, 0.1) is 11.3 Å². The van der Waals surface area contributed by atoms with Crippen LogP contribution in [-0.4, -0.2) is 6.18 Å². The Hall–Kier alpha value is -0.210. The van der Waals surface area contributed by atoms with Crippen LogP contribution >= 0.6 is 0 Å². The topological polar surface area (TPSA) is 0 Å². The predicted octanol–water partition coefficient (Wildman–Crippen LogP) is 2.98. The summed E-state index contributed by atoms with van der Waals surface area (Å²) in [4.78, 5) is 0. The molecule has 0 aromatic rings. The molecule has 2 atom stereocenters. The van der Waals surface area contributed by atoms with Crippen LogP contribution in [0.2, 0.25) is 0 Å². The van der Waals surface area contributed by atoms with Gasteiger partial charge in [-0.25, -0.2) is 0 Å². The standard InChI is InChI=1S/C7H11F3/c1-3-5-4-6(5,2)7(8,9)10/h5H,3-4H2,1-2H3. The Labute approximate surface area is 58.4 Å². The van der Waals surface area contributed by atoms with Crippen LogP contribution < -0.4 is 0 Å². The summed E-state index contributed by atoms with van der Waals surface area (Å²) in [6.45, 7) is 3.11. The Morgan fingerprint density at radius 3 is 2.10 bits per heavy atom. The minimum absolute atomic E-state index is 0.118. The molecule has 1 rings (SSSR count). The van der Waals surface area contributed by atoms with Gasteiger partial charge in [0.25, 0.3) is 0 Å². The van der Waals surface area contributed by atoms with Gasteiger partial charge in [0.15, 0.2) is 0 Å². The van der Waals surface area contributed by atoms with Gasteiger partial charge >= 0.3 is 6.18 Å². The smallest absolute Gasteiger partial charge is 0.171 e. The highest BCUT2D eigenvalue weighted by Crippen LogP contribution is 2.63. The summed E-state index contributed by atoms with van der Waals surface area (Å²) in [7, 11) is 0. The largest absolute Gasteiger partial charge is 0.394 e. The van der Waals surface area contributed by atoms with Gasteiger partial charge < -0.3 is 0 Å². The fourth-order valence-electron chi connectivity index (χ4n) is 1.39. The first-order valence-corrected chi connectivity index (χ1v) is 3.48. The summed E-state index contributed by atoms with van der Waals surface area (Å²) in [5, 5.41) is 0. The summed E-state index contributed by atoms with van der Waals surface area (Å²) in [6, 6.07) is 0. The van der Waals surface area contributed by atoms with Crippen LogP contribution in [-0.2, 0) is 0 Å². The minimum Gasteiger partial charge on any atom is -0.171 e. The van der Waals surface area contributed by atoms with E-state index < -0.39 is 11.6 Å². The van der Waals surface area contributed by atoms with Crippen molar-refractivity contribution in [3.8, 4) is 0 Å². The molecule has 0 nitrogen and oxygen atoms in total. The van der Waals surface area contributed by atoms with Crippen LogP contribution in [0.25, 0.3) is 0 Å². The van der Waals surface area contributed by atoms with E-state index in [0.717, 1.165) is 0 Å². The van der Waals surface area contributed by atoms with Crippen LogP contribution in [0.3, 0.4) is 0 Å². The monoisotopic (exact) mass is 152 g/mol. The second-order valence-electron chi connectivity index (χ2n) is 3.22. The second kappa shape index (κ2) is 1.89. The molecule has 60 valence electrons. The van der Waals surface area contributed by atoms with Crippen LogP contribution in [0.5, 0.6) is 0 Å². The van der Waals surface area contributed by atoms with E-state index in [-0.39, 0.29) is 5.92 Å². The van der Waals surface area contributed by atoms with Crippen molar-refractivity contribution in [2.45, 2.75) is 32.9 Å². The van der Waals surface area contributed by atoms with E-state index in [1.807, 2.05) is 6.92 Å². The van der Waals surface area contributed by atoms with Gasteiger partial charge in [-0.05, 0) is 12.3 Å². The highest BCUT2D eigenvalue weighted by molar-refractivity contribution is 5.02. The van der Waals surface area contributed by atoms with Gasteiger partial charge in [0.2, 0.25) is 0 Å². The lowest BCUT2D eigenvalue weighted by molar-refractivity contribution is -0.186. The molecule has 0 bridgehead atoms. The maximum atomic E-state index is 12.1. The number of hydrogen-bond acceptors (Lipinski definition) is 0. The summed E-state index contributed by atoms with van der Waals surface area (Å²) in [6.07, 6.45) is -3.00. The molecule has 0 aliphatic heterocycles. The Morgan fingerprint density at radius 2 is 2.00 bits per heavy atom. The average Bonchev–Trinajstić information content (AvgIpc) is 2.41. The molecule has 1 saturated carbocycles. The molecule has 10 heavy (non-hydrogen) atoms. The minimum atomic E-state index is -3.98. The average molecular weight is 152 g/mol. The normalized spacial score (nSPS) is 39.9. The van der Waals surface area contributed by atoms with Crippen LogP contribution in [0.1, 0.15) is 26.7 Å². The van der Waals surface area contributed by atoms with Gasteiger partial charge in [-0.15, -0.1) is 0 Å². The Bertz CT molecular complexity index is 138. The van der Waals surface area contributed by atoms with Gasteiger partial charge in [0.1, 0.15) is 0 Å². The molecule has 0 aromatic carbocycles. The lowest BCUT2D eigenvalue weighted by Gasteiger charge is -2.14. The van der Waals surface area contributed by atoms with Crippen LogP contribution in [0.15, 0.2) is 0 Å². The first-order valence-electron chi connectivity index (χ1n) is 3.48. The van der Waals surface area contributed by atoms with Crippen molar-refractivity contribution in [3.63, 3.8) is 0 Å². The summed E-state index contributed by atoms with van der Waals surface area (Å²) in [5.41, 5.74) is -1.35. The molecule has 3 heteroatoms. The van der Waals surface area contributed by atoms with Gasteiger partial charge in [-0.2, -0.15) is 13.2 Å².